The quantitative estimate of drug-likeness (QED) is 0.642. The minimum absolute atomic E-state index is 0.730. The first-order valence-electron chi connectivity index (χ1n) is 5.81. The maximum Gasteiger partial charge on any atom is 0.0453 e. The van der Waals surface area contributed by atoms with E-state index in [-0.39, 0.29) is 0 Å². The van der Waals surface area contributed by atoms with Crippen molar-refractivity contribution in [3.05, 3.63) is 58.1 Å². The molecule has 0 fully saturated rings. The van der Waals surface area contributed by atoms with E-state index in [1.54, 1.807) is 11.8 Å². The van der Waals surface area contributed by atoms with Gasteiger partial charge in [-0.2, -0.15) is 0 Å². The standard InChI is InChI=1S/C15H16ClNS/c1-10-4-3-5-11(2)13(10)9-18-15-8-12(16)6-7-14(15)17/h3-8H,9,17H2,1-2H3. The van der Waals surface area contributed by atoms with E-state index in [1.165, 1.54) is 16.7 Å². The maximum absolute atomic E-state index is 5.99. The Bertz CT molecular complexity index is 546. The van der Waals surface area contributed by atoms with Crippen LogP contribution < -0.4 is 5.73 Å². The zero-order valence-electron chi connectivity index (χ0n) is 10.5. The summed E-state index contributed by atoms with van der Waals surface area (Å²) in [6, 6.07) is 12.0. The fraction of sp³-hybridized carbons (Fsp3) is 0.200. The van der Waals surface area contributed by atoms with E-state index in [4.69, 9.17) is 17.3 Å². The van der Waals surface area contributed by atoms with Crippen LogP contribution in [0.5, 0.6) is 0 Å². The molecule has 0 bridgehead atoms. The van der Waals surface area contributed by atoms with Crippen LogP contribution in [0.4, 0.5) is 5.69 Å². The van der Waals surface area contributed by atoms with Gasteiger partial charge in [-0.25, -0.2) is 0 Å². The fourth-order valence-electron chi connectivity index (χ4n) is 1.86. The van der Waals surface area contributed by atoms with Crippen molar-refractivity contribution in [1.82, 2.24) is 0 Å². The fourth-order valence-corrected chi connectivity index (χ4v) is 3.30. The highest BCUT2D eigenvalue weighted by Crippen LogP contribution is 2.32. The van der Waals surface area contributed by atoms with E-state index in [0.29, 0.717) is 0 Å². The van der Waals surface area contributed by atoms with Gasteiger partial charge in [-0.3, -0.25) is 0 Å². The molecular weight excluding hydrogens is 262 g/mol. The van der Waals surface area contributed by atoms with Gasteiger partial charge in [0.05, 0.1) is 0 Å². The Morgan fingerprint density at radius 3 is 2.44 bits per heavy atom. The molecule has 18 heavy (non-hydrogen) atoms. The molecule has 0 saturated carbocycles. The topological polar surface area (TPSA) is 26.0 Å². The molecular formula is C15H16ClNS. The third kappa shape index (κ3) is 3.01. The van der Waals surface area contributed by atoms with E-state index in [2.05, 4.69) is 32.0 Å². The Morgan fingerprint density at radius 1 is 1.11 bits per heavy atom. The molecule has 0 saturated heterocycles. The van der Waals surface area contributed by atoms with E-state index in [0.717, 1.165) is 21.4 Å². The van der Waals surface area contributed by atoms with Crippen molar-refractivity contribution in [2.45, 2.75) is 24.5 Å². The van der Waals surface area contributed by atoms with Crippen LogP contribution in [0.15, 0.2) is 41.3 Å². The number of hydrogen-bond acceptors (Lipinski definition) is 2. The van der Waals surface area contributed by atoms with Crippen LogP contribution in [0.25, 0.3) is 0 Å². The zero-order valence-corrected chi connectivity index (χ0v) is 12.1. The Hall–Kier alpha value is -1.12. The SMILES string of the molecule is Cc1cccc(C)c1CSc1cc(Cl)ccc1N. The minimum atomic E-state index is 0.730. The number of anilines is 1. The monoisotopic (exact) mass is 277 g/mol. The predicted molar refractivity (Wildman–Crippen MR) is 81.3 cm³/mol. The number of rotatable bonds is 3. The van der Waals surface area contributed by atoms with Gasteiger partial charge in [-0.05, 0) is 48.7 Å². The molecule has 0 atom stereocenters. The van der Waals surface area contributed by atoms with Gasteiger partial charge in [0.1, 0.15) is 0 Å². The van der Waals surface area contributed by atoms with Crippen molar-refractivity contribution < 1.29 is 0 Å². The second-order valence-electron chi connectivity index (χ2n) is 4.34. The van der Waals surface area contributed by atoms with Gasteiger partial charge in [0.25, 0.3) is 0 Å². The van der Waals surface area contributed by atoms with Crippen molar-refractivity contribution in [1.29, 1.82) is 0 Å². The van der Waals surface area contributed by atoms with Crippen LogP contribution in [0.1, 0.15) is 16.7 Å². The van der Waals surface area contributed by atoms with Crippen molar-refractivity contribution in [2.24, 2.45) is 0 Å². The molecule has 0 aromatic heterocycles. The molecule has 0 spiro atoms. The lowest BCUT2D eigenvalue weighted by Crippen LogP contribution is -1.93. The highest BCUT2D eigenvalue weighted by atomic mass is 35.5. The normalized spacial score (nSPS) is 10.6. The highest BCUT2D eigenvalue weighted by molar-refractivity contribution is 7.98. The molecule has 0 heterocycles. The van der Waals surface area contributed by atoms with Crippen molar-refractivity contribution in [3.8, 4) is 0 Å². The maximum atomic E-state index is 5.99. The third-order valence-corrected chi connectivity index (χ3v) is 4.32. The molecule has 1 nitrogen and oxygen atoms in total. The third-order valence-electron chi connectivity index (χ3n) is 2.99. The summed E-state index contributed by atoms with van der Waals surface area (Å²) in [5, 5.41) is 0.730. The number of benzene rings is 2. The second-order valence-corrected chi connectivity index (χ2v) is 5.79. The molecule has 0 amide bonds. The first-order chi connectivity index (χ1) is 8.58. The predicted octanol–water partition coefficient (Wildman–Crippen LogP) is 4.83. The lowest BCUT2D eigenvalue weighted by molar-refractivity contribution is 1.24. The van der Waals surface area contributed by atoms with Crippen LogP contribution in [-0.4, -0.2) is 0 Å². The van der Waals surface area contributed by atoms with Gasteiger partial charge in [0.15, 0.2) is 0 Å². The molecule has 2 N–H and O–H groups in total. The van der Waals surface area contributed by atoms with E-state index < -0.39 is 0 Å². The van der Waals surface area contributed by atoms with Crippen molar-refractivity contribution in [2.75, 3.05) is 5.73 Å². The summed E-state index contributed by atoms with van der Waals surface area (Å²) in [5.41, 5.74) is 10.8. The van der Waals surface area contributed by atoms with Crippen LogP contribution in [0, 0.1) is 13.8 Å². The molecule has 2 aromatic carbocycles. The summed E-state index contributed by atoms with van der Waals surface area (Å²) in [4.78, 5) is 1.05. The smallest absolute Gasteiger partial charge is 0.0453 e. The summed E-state index contributed by atoms with van der Waals surface area (Å²) in [6.07, 6.45) is 0. The zero-order chi connectivity index (χ0) is 13.1. The molecule has 94 valence electrons. The Kier molecular flexibility index (Phi) is 4.20. The van der Waals surface area contributed by atoms with Crippen LogP contribution in [0.3, 0.4) is 0 Å². The molecule has 2 aromatic rings. The summed E-state index contributed by atoms with van der Waals surface area (Å²) in [5.74, 6) is 0.920. The first kappa shape index (κ1) is 13.3. The van der Waals surface area contributed by atoms with E-state index in [1.807, 2.05) is 18.2 Å². The molecule has 0 aliphatic rings. The number of nitrogen functional groups attached to an aromatic ring is 1. The van der Waals surface area contributed by atoms with E-state index >= 15 is 0 Å². The molecule has 0 aliphatic heterocycles. The number of nitrogens with two attached hydrogens (primary N) is 1. The Labute approximate surface area is 117 Å². The minimum Gasteiger partial charge on any atom is -0.398 e. The summed E-state index contributed by atoms with van der Waals surface area (Å²) in [7, 11) is 0. The van der Waals surface area contributed by atoms with Crippen LogP contribution >= 0.6 is 23.4 Å². The average Bonchev–Trinajstić information content (AvgIpc) is 2.33. The molecule has 2 rings (SSSR count). The number of hydrogen-bond donors (Lipinski definition) is 1. The van der Waals surface area contributed by atoms with Gasteiger partial charge >= 0.3 is 0 Å². The van der Waals surface area contributed by atoms with Crippen molar-refractivity contribution >= 4 is 29.1 Å². The van der Waals surface area contributed by atoms with Gasteiger partial charge in [-0.1, -0.05) is 29.8 Å². The highest BCUT2D eigenvalue weighted by Gasteiger charge is 2.05. The van der Waals surface area contributed by atoms with Gasteiger partial charge in [-0.15, -0.1) is 11.8 Å². The first-order valence-corrected chi connectivity index (χ1v) is 7.17. The van der Waals surface area contributed by atoms with Gasteiger partial charge < -0.3 is 5.73 Å². The van der Waals surface area contributed by atoms with Gasteiger partial charge in [0.2, 0.25) is 0 Å². The lowest BCUT2D eigenvalue weighted by atomic mass is 10.1. The second kappa shape index (κ2) is 5.68. The Balaban J connectivity index is 2.19. The number of aryl methyl sites for hydroxylation is 2. The van der Waals surface area contributed by atoms with Crippen LogP contribution in [-0.2, 0) is 5.75 Å². The molecule has 0 radical (unpaired) electrons. The summed E-state index contributed by atoms with van der Waals surface area (Å²) < 4.78 is 0. The molecule has 0 unspecified atom stereocenters. The number of halogens is 1. The van der Waals surface area contributed by atoms with Gasteiger partial charge in [0, 0.05) is 21.4 Å². The summed E-state index contributed by atoms with van der Waals surface area (Å²) in [6.45, 7) is 4.29. The average molecular weight is 278 g/mol. The lowest BCUT2D eigenvalue weighted by Gasteiger charge is -2.10. The Morgan fingerprint density at radius 2 is 1.78 bits per heavy atom. The molecule has 0 aliphatic carbocycles. The number of thioether (sulfide) groups is 1. The van der Waals surface area contributed by atoms with E-state index in [9.17, 15) is 0 Å². The largest absolute Gasteiger partial charge is 0.398 e. The van der Waals surface area contributed by atoms with Crippen molar-refractivity contribution in [3.63, 3.8) is 0 Å². The summed E-state index contributed by atoms with van der Waals surface area (Å²) >= 11 is 7.73. The van der Waals surface area contributed by atoms with Crippen LogP contribution in [0.2, 0.25) is 5.02 Å². The molecule has 3 heteroatoms.